The number of rotatable bonds is 4. The van der Waals surface area contributed by atoms with E-state index >= 15 is 0 Å². The van der Waals surface area contributed by atoms with Crippen LogP contribution in [0.15, 0.2) is 24.3 Å². The topological polar surface area (TPSA) is 32.3 Å². The van der Waals surface area contributed by atoms with E-state index in [4.69, 9.17) is 0 Å². The Balaban J connectivity index is 1.83. The smallest absolute Gasteiger partial charge is 0.226 e. The lowest BCUT2D eigenvalue weighted by molar-refractivity contribution is -0.129. The van der Waals surface area contributed by atoms with Crippen molar-refractivity contribution in [3.8, 4) is 0 Å². The molecule has 1 amide bonds. The second kappa shape index (κ2) is 6.71. The van der Waals surface area contributed by atoms with E-state index in [0.29, 0.717) is 12.3 Å². The zero-order valence-electron chi connectivity index (χ0n) is 12.0. The minimum absolute atomic E-state index is 0.217. The van der Waals surface area contributed by atoms with Gasteiger partial charge in [0.05, 0.1) is 6.42 Å². The van der Waals surface area contributed by atoms with Crippen molar-refractivity contribution in [1.29, 1.82) is 0 Å². The largest absolute Gasteiger partial charge is 0.345 e. The molecule has 1 unspecified atom stereocenters. The Labute approximate surface area is 116 Å². The molecule has 19 heavy (non-hydrogen) atoms. The van der Waals surface area contributed by atoms with E-state index in [2.05, 4.69) is 24.4 Å². The summed E-state index contributed by atoms with van der Waals surface area (Å²) in [4.78, 5) is 14.1. The monoisotopic (exact) mass is 260 g/mol. The fourth-order valence-electron chi connectivity index (χ4n) is 2.58. The van der Waals surface area contributed by atoms with E-state index in [0.717, 1.165) is 25.2 Å². The number of amides is 1. The molecule has 1 saturated heterocycles. The number of hydrogen-bond acceptors (Lipinski definition) is 2. The van der Waals surface area contributed by atoms with Gasteiger partial charge >= 0.3 is 0 Å². The number of likely N-dealkylation sites (N-methyl/N-ethyl adjacent to an activating group) is 1. The molecule has 3 nitrogen and oxygen atoms in total. The number of piperidine rings is 1. The van der Waals surface area contributed by atoms with E-state index in [9.17, 15) is 4.79 Å². The maximum absolute atomic E-state index is 12.2. The van der Waals surface area contributed by atoms with Crippen LogP contribution in [0.3, 0.4) is 0 Å². The predicted octanol–water partition coefficient (Wildman–Crippen LogP) is 2.00. The van der Waals surface area contributed by atoms with Gasteiger partial charge in [-0.3, -0.25) is 4.79 Å². The molecule has 1 N–H and O–H groups in total. The van der Waals surface area contributed by atoms with Crippen LogP contribution in [0.1, 0.15) is 24.0 Å². The molecule has 0 aromatic heterocycles. The number of carbonyl (C=O) groups is 1. The number of nitrogens with one attached hydrogen (secondary N) is 1. The Kier molecular flexibility index (Phi) is 4.97. The molecular formula is C16H24N2O. The van der Waals surface area contributed by atoms with Crippen LogP contribution >= 0.6 is 0 Å². The molecule has 0 spiro atoms. The predicted molar refractivity (Wildman–Crippen MR) is 78.1 cm³/mol. The van der Waals surface area contributed by atoms with Gasteiger partial charge in [0, 0.05) is 13.6 Å². The summed E-state index contributed by atoms with van der Waals surface area (Å²) in [6.07, 6.45) is 2.97. The second-order valence-electron chi connectivity index (χ2n) is 5.65. The van der Waals surface area contributed by atoms with Gasteiger partial charge in [0.1, 0.15) is 0 Å². The van der Waals surface area contributed by atoms with Crippen LogP contribution in [0.5, 0.6) is 0 Å². The van der Waals surface area contributed by atoms with Crippen LogP contribution in [0.4, 0.5) is 0 Å². The molecule has 2 rings (SSSR count). The third-order valence-corrected chi connectivity index (χ3v) is 3.83. The molecule has 1 fully saturated rings. The molecule has 0 saturated carbocycles. The number of hydrogen-bond donors (Lipinski definition) is 1. The molecule has 1 heterocycles. The van der Waals surface area contributed by atoms with Crippen molar-refractivity contribution < 1.29 is 4.79 Å². The van der Waals surface area contributed by atoms with Crippen LogP contribution in [0.2, 0.25) is 0 Å². The highest BCUT2D eigenvalue weighted by molar-refractivity contribution is 5.78. The molecular weight excluding hydrogens is 236 g/mol. The first-order chi connectivity index (χ1) is 9.15. The summed E-state index contributed by atoms with van der Waals surface area (Å²) in [6.45, 7) is 5.10. The minimum atomic E-state index is 0.217. The summed E-state index contributed by atoms with van der Waals surface area (Å²) in [5.41, 5.74) is 2.34. The Morgan fingerprint density at radius 2 is 2.11 bits per heavy atom. The Morgan fingerprint density at radius 3 is 2.74 bits per heavy atom. The van der Waals surface area contributed by atoms with Gasteiger partial charge < -0.3 is 10.2 Å². The van der Waals surface area contributed by atoms with Gasteiger partial charge in [0.2, 0.25) is 5.91 Å². The van der Waals surface area contributed by atoms with Crippen LogP contribution in [0.25, 0.3) is 0 Å². The van der Waals surface area contributed by atoms with E-state index in [1.165, 1.54) is 18.4 Å². The lowest BCUT2D eigenvalue weighted by atomic mass is 9.99. The van der Waals surface area contributed by atoms with Crippen molar-refractivity contribution in [3.05, 3.63) is 35.4 Å². The lowest BCUT2D eigenvalue weighted by Gasteiger charge is -2.27. The van der Waals surface area contributed by atoms with Gasteiger partial charge in [-0.05, 0) is 44.3 Å². The van der Waals surface area contributed by atoms with Crippen molar-refractivity contribution >= 4 is 5.91 Å². The third kappa shape index (κ3) is 4.35. The maximum atomic E-state index is 12.2. The van der Waals surface area contributed by atoms with Crippen molar-refractivity contribution in [1.82, 2.24) is 10.2 Å². The molecule has 3 heteroatoms. The SMILES string of the molecule is Cc1ccc(CC(=O)N(C)CC2CCCNC2)cc1. The lowest BCUT2D eigenvalue weighted by Crippen LogP contribution is -2.39. The molecule has 1 aromatic carbocycles. The third-order valence-electron chi connectivity index (χ3n) is 3.83. The molecule has 1 aromatic rings. The van der Waals surface area contributed by atoms with Crippen molar-refractivity contribution in [2.24, 2.45) is 5.92 Å². The Morgan fingerprint density at radius 1 is 1.37 bits per heavy atom. The molecule has 104 valence electrons. The van der Waals surface area contributed by atoms with E-state index in [1.807, 2.05) is 24.1 Å². The van der Waals surface area contributed by atoms with E-state index in [-0.39, 0.29) is 5.91 Å². The fourth-order valence-corrected chi connectivity index (χ4v) is 2.58. The molecule has 1 aliphatic rings. The van der Waals surface area contributed by atoms with E-state index in [1.54, 1.807) is 0 Å². The van der Waals surface area contributed by atoms with Gasteiger partial charge in [-0.15, -0.1) is 0 Å². The molecule has 0 bridgehead atoms. The van der Waals surface area contributed by atoms with Gasteiger partial charge in [-0.2, -0.15) is 0 Å². The highest BCUT2D eigenvalue weighted by Crippen LogP contribution is 2.12. The highest BCUT2D eigenvalue weighted by atomic mass is 16.2. The summed E-state index contributed by atoms with van der Waals surface area (Å²) in [5.74, 6) is 0.829. The van der Waals surface area contributed by atoms with Gasteiger partial charge in [-0.1, -0.05) is 29.8 Å². The van der Waals surface area contributed by atoms with Crippen LogP contribution in [0, 0.1) is 12.8 Å². The highest BCUT2D eigenvalue weighted by Gasteiger charge is 2.18. The van der Waals surface area contributed by atoms with Gasteiger partial charge in [0.25, 0.3) is 0 Å². The molecule has 1 atom stereocenters. The number of aryl methyl sites for hydroxylation is 1. The first-order valence-corrected chi connectivity index (χ1v) is 7.15. The Hall–Kier alpha value is -1.35. The Bertz CT molecular complexity index is 407. The zero-order valence-corrected chi connectivity index (χ0v) is 12.0. The fraction of sp³-hybridized carbons (Fsp3) is 0.562. The average molecular weight is 260 g/mol. The first-order valence-electron chi connectivity index (χ1n) is 7.15. The number of benzene rings is 1. The standard InChI is InChI=1S/C16H24N2O/c1-13-5-7-14(8-6-13)10-16(19)18(2)12-15-4-3-9-17-11-15/h5-8,15,17H,3-4,9-12H2,1-2H3. The van der Waals surface area contributed by atoms with Crippen LogP contribution in [-0.2, 0) is 11.2 Å². The second-order valence-corrected chi connectivity index (χ2v) is 5.65. The number of carbonyl (C=O) groups excluding carboxylic acids is 1. The summed E-state index contributed by atoms with van der Waals surface area (Å²) in [7, 11) is 1.92. The zero-order chi connectivity index (χ0) is 13.7. The van der Waals surface area contributed by atoms with Crippen molar-refractivity contribution in [2.45, 2.75) is 26.2 Å². The number of nitrogens with zero attached hydrogens (tertiary/aromatic N) is 1. The van der Waals surface area contributed by atoms with Gasteiger partial charge in [-0.25, -0.2) is 0 Å². The minimum Gasteiger partial charge on any atom is -0.345 e. The average Bonchev–Trinajstić information content (AvgIpc) is 2.42. The van der Waals surface area contributed by atoms with Crippen LogP contribution in [-0.4, -0.2) is 37.5 Å². The van der Waals surface area contributed by atoms with E-state index < -0.39 is 0 Å². The maximum Gasteiger partial charge on any atom is 0.226 e. The summed E-state index contributed by atoms with van der Waals surface area (Å²) in [5, 5.41) is 3.40. The molecule has 0 aliphatic carbocycles. The molecule has 1 aliphatic heterocycles. The summed E-state index contributed by atoms with van der Waals surface area (Å²) in [6, 6.07) is 8.22. The molecule has 0 radical (unpaired) electrons. The summed E-state index contributed by atoms with van der Waals surface area (Å²) < 4.78 is 0. The van der Waals surface area contributed by atoms with Crippen LogP contribution < -0.4 is 5.32 Å². The normalized spacial score (nSPS) is 19.2. The summed E-state index contributed by atoms with van der Waals surface area (Å²) >= 11 is 0. The van der Waals surface area contributed by atoms with Crippen molar-refractivity contribution in [2.75, 3.05) is 26.7 Å². The quantitative estimate of drug-likeness (QED) is 0.898. The van der Waals surface area contributed by atoms with Crippen molar-refractivity contribution in [3.63, 3.8) is 0 Å². The first kappa shape index (κ1) is 14.1. The van der Waals surface area contributed by atoms with Gasteiger partial charge in [0.15, 0.2) is 0 Å².